The molecule has 1 aliphatic rings. The first kappa shape index (κ1) is 19.6. The molecule has 0 bridgehead atoms. The lowest BCUT2D eigenvalue weighted by Crippen LogP contribution is -2.35. The smallest absolute Gasteiger partial charge is 0.243 e. The summed E-state index contributed by atoms with van der Waals surface area (Å²) in [5.74, 6) is 0.0659. The van der Waals surface area contributed by atoms with E-state index in [0.717, 1.165) is 16.8 Å². The van der Waals surface area contributed by atoms with Gasteiger partial charge in [0.1, 0.15) is 0 Å². The highest BCUT2D eigenvalue weighted by Gasteiger charge is 2.32. The van der Waals surface area contributed by atoms with E-state index in [0.29, 0.717) is 25.9 Å². The first-order valence-corrected chi connectivity index (χ1v) is 10.8. The van der Waals surface area contributed by atoms with Crippen LogP contribution in [0.3, 0.4) is 0 Å². The number of benzene rings is 2. The van der Waals surface area contributed by atoms with E-state index in [1.165, 1.54) is 4.31 Å². The molecule has 0 radical (unpaired) electrons. The van der Waals surface area contributed by atoms with E-state index in [4.69, 9.17) is 0 Å². The van der Waals surface area contributed by atoms with Gasteiger partial charge in [-0.15, -0.1) is 0 Å². The number of hydrogen-bond acceptors (Lipinski definition) is 3. The van der Waals surface area contributed by atoms with Gasteiger partial charge in [-0.25, -0.2) is 8.42 Å². The molecule has 1 aliphatic heterocycles. The van der Waals surface area contributed by atoms with Crippen LogP contribution in [-0.4, -0.2) is 31.2 Å². The summed E-state index contributed by atoms with van der Waals surface area (Å²) in [5.41, 5.74) is 2.71. The Morgan fingerprint density at radius 1 is 1.15 bits per heavy atom. The van der Waals surface area contributed by atoms with Gasteiger partial charge in [0.05, 0.1) is 4.90 Å². The van der Waals surface area contributed by atoms with Gasteiger partial charge < -0.3 is 4.90 Å². The second-order valence-corrected chi connectivity index (χ2v) is 8.82. The highest BCUT2D eigenvalue weighted by Crippen LogP contribution is 2.35. The second kappa shape index (κ2) is 7.82. The van der Waals surface area contributed by atoms with E-state index in [2.05, 4.69) is 0 Å². The van der Waals surface area contributed by atoms with Gasteiger partial charge in [-0.05, 0) is 42.7 Å². The molecular weight excluding hydrogens is 360 g/mol. The minimum absolute atomic E-state index is 0.0528. The topological polar surface area (TPSA) is 57.7 Å². The molecule has 144 valence electrons. The van der Waals surface area contributed by atoms with Crippen LogP contribution in [0.15, 0.2) is 53.4 Å². The van der Waals surface area contributed by atoms with Crippen molar-refractivity contribution in [2.75, 3.05) is 11.4 Å². The molecule has 3 rings (SSSR count). The van der Waals surface area contributed by atoms with Gasteiger partial charge in [0.15, 0.2) is 0 Å². The van der Waals surface area contributed by atoms with Crippen LogP contribution >= 0.6 is 0 Å². The molecule has 1 amide bonds. The van der Waals surface area contributed by atoms with Crippen molar-refractivity contribution in [2.24, 2.45) is 0 Å². The minimum Gasteiger partial charge on any atom is -0.309 e. The fraction of sp³-hybridized carbons (Fsp3) is 0.381. The molecule has 0 N–H and O–H groups in total. The Bertz CT molecular complexity index is 926. The predicted octanol–water partition coefficient (Wildman–Crippen LogP) is 3.59. The van der Waals surface area contributed by atoms with Crippen molar-refractivity contribution < 1.29 is 13.2 Å². The number of anilines is 1. The van der Waals surface area contributed by atoms with Crippen LogP contribution in [0.4, 0.5) is 5.69 Å². The van der Waals surface area contributed by atoms with Gasteiger partial charge >= 0.3 is 0 Å². The third kappa shape index (κ3) is 3.77. The Morgan fingerprint density at radius 3 is 2.48 bits per heavy atom. The van der Waals surface area contributed by atoms with Gasteiger partial charge in [0, 0.05) is 31.2 Å². The number of amides is 1. The zero-order valence-electron chi connectivity index (χ0n) is 16.1. The minimum atomic E-state index is -3.60. The lowest BCUT2D eigenvalue weighted by Gasteiger charge is -2.23. The molecule has 5 nitrogen and oxygen atoms in total. The van der Waals surface area contributed by atoms with E-state index >= 15 is 0 Å². The molecule has 0 spiro atoms. The van der Waals surface area contributed by atoms with E-state index in [1.54, 1.807) is 23.1 Å². The van der Waals surface area contributed by atoms with Gasteiger partial charge in [0.2, 0.25) is 15.9 Å². The van der Waals surface area contributed by atoms with Crippen molar-refractivity contribution in [2.45, 2.75) is 51.1 Å². The highest BCUT2D eigenvalue weighted by atomic mass is 32.2. The van der Waals surface area contributed by atoms with Crippen molar-refractivity contribution in [3.8, 4) is 0 Å². The number of carbonyl (C=O) groups is 1. The summed E-state index contributed by atoms with van der Waals surface area (Å²) in [4.78, 5) is 14.3. The molecule has 0 fully saturated rings. The molecule has 0 aliphatic carbocycles. The van der Waals surface area contributed by atoms with Gasteiger partial charge in [-0.1, -0.05) is 44.2 Å². The van der Waals surface area contributed by atoms with Crippen molar-refractivity contribution >= 4 is 21.6 Å². The second-order valence-electron chi connectivity index (χ2n) is 6.88. The van der Waals surface area contributed by atoms with Crippen molar-refractivity contribution in [1.82, 2.24) is 4.31 Å². The average molecular weight is 387 g/mol. The molecule has 0 saturated carbocycles. The predicted molar refractivity (Wildman–Crippen MR) is 107 cm³/mol. The molecule has 1 heterocycles. The molecule has 1 atom stereocenters. The SMILES string of the molecule is CCC(=O)N1c2ccc(S(=O)(=O)N(CC)Cc3ccccc3)cc2C[C@@H]1C. The van der Waals surface area contributed by atoms with Crippen LogP contribution in [0.5, 0.6) is 0 Å². The summed E-state index contributed by atoms with van der Waals surface area (Å²) in [6.45, 7) is 6.42. The summed E-state index contributed by atoms with van der Waals surface area (Å²) >= 11 is 0. The average Bonchev–Trinajstić information content (AvgIpc) is 3.01. The molecule has 2 aromatic rings. The van der Waals surface area contributed by atoms with E-state index in [9.17, 15) is 13.2 Å². The third-order valence-corrected chi connectivity index (χ3v) is 6.95. The van der Waals surface area contributed by atoms with Crippen LogP contribution in [-0.2, 0) is 27.8 Å². The number of fused-ring (bicyclic) bond motifs is 1. The third-order valence-electron chi connectivity index (χ3n) is 5.03. The quantitative estimate of drug-likeness (QED) is 0.762. The van der Waals surface area contributed by atoms with Crippen LogP contribution < -0.4 is 4.90 Å². The number of hydrogen-bond donors (Lipinski definition) is 0. The Hall–Kier alpha value is -2.18. The van der Waals surface area contributed by atoms with Crippen LogP contribution in [0, 0.1) is 0 Å². The number of nitrogens with zero attached hydrogens (tertiary/aromatic N) is 2. The fourth-order valence-corrected chi connectivity index (χ4v) is 5.11. The van der Waals surface area contributed by atoms with Gasteiger partial charge in [-0.3, -0.25) is 4.79 Å². The number of sulfonamides is 1. The molecule has 2 aromatic carbocycles. The summed E-state index contributed by atoms with van der Waals surface area (Å²) in [7, 11) is -3.60. The van der Waals surface area contributed by atoms with Gasteiger partial charge in [-0.2, -0.15) is 4.31 Å². The normalized spacial score (nSPS) is 16.6. The monoisotopic (exact) mass is 386 g/mol. The summed E-state index contributed by atoms with van der Waals surface area (Å²) in [6, 6.07) is 14.8. The largest absolute Gasteiger partial charge is 0.309 e. The zero-order chi connectivity index (χ0) is 19.6. The number of carbonyl (C=O) groups excluding carboxylic acids is 1. The molecule has 6 heteroatoms. The molecule has 0 aromatic heterocycles. The Kier molecular flexibility index (Phi) is 5.67. The zero-order valence-corrected chi connectivity index (χ0v) is 16.9. The van der Waals surface area contributed by atoms with E-state index in [1.807, 2.05) is 51.1 Å². The first-order valence-electron chi connectivity index (χ1n) is 9.37. The van der Waals surface area contributed by atoms with Gasteiger partial charge in [0.25, 0.3) is 0 Å². The molecule has 27 heavy (non-hydrogen) atoms. The van der Waals surface area contributed by atoms with Crippen molar-refractivity contribution in [3.63, 3.8) is 0 Å². The maximum absolute atomic E-state index is 13.2. The fourth-order valence-electron chi connectivity index (χ4n) is 3.62. The summed E-state index contributed by atoms with van der Waals surface area (Å²) in [5, 5.41) is 0. The van der Waals surface area contributed by atoms with Crippen LogP contribution in [0.2, 0.25) is 0 Å². The summed E-state index contributed by atoms with van der Waals surface area (Å²) in [6.07, 6.45) is 1.11. The van der Waals surface area contributed by atoms with E-state index < -0.39 is 10.0 Å². The Morgan fingerprint density at radius 2 is 1.85 bits per heavy atom. The van der Waals surface area contributed by atoms with Crippen LogP contribution in [0.1, 0.15) is 38.3 Å². The van der Waals surface area contributed by atoms with Crippen LogP contribution in [0.25, 0.3) is 0 Å². The first-order chi connectivity index (χ1) is 12.9. The molecular formula is C21H26N2O3S. The van der Waals surface area contributed by atoms with Crippen molar-refractivity contribution in [1.29, 1.82) is 0 Å². The summed E-state index contributed by atoms with van der Waals surface area (Å²) < 4.78 is 27.8. The van der Waals surface area contributed by atoms with Crippen molar-refractivity contribution in [3.05, 3.63) is 59.7 Å². The standard InChI is InChI=1S/C21H26N2O3S/c1-4-21(24)23-16(3)13-18-14-19(11-12-20(18)23)27(25,26)22(5-2)15-17-9-7-6-8-10-17/h6-12,14,16H,4-5,13,15H2,1-3H3/t16-/m0/s1. The Labute approximate surface area is 161 Å². The lowest BCUT2D eigenvalue weighted by atomic mass is 10.1. The molecule has 0 unspecified atom stereocenters. The number of rotatable bonds is 6. The lowest BCUT2D eigenvalue weighted by molar-refractivity contribution is -0.118. The van der Waals surface area contributed by atoms with E-state index in [-0.39, 0.29) is 16.8 Å². The molecule has 0 saturated heterocycles. The maximum Gasteiger partial charge on any atom is 0.243 e. The maximum atomic E-state index is 13.2. The highest BCUT2D eigenvalue weighted by molar-refractivity contribution is 7.89. The Balaban J connectivity index is 1.92.